The largest absolute Gasteiger partial charge is 0.360 e. The lowest BCUT2D eigenvalue weighted by Crippen LogP contribution is -2.45. The van der Waals surface area contributed by atoms with Crippen molar-refractivity contribution in [1.29, 1.82) is 5.26 Å². The van der Waals surface area contributed by atoms with E-state index >= 15 is 0 Å². The van der Waals surface area contributed by atoms with Crippen LogP contribution in [0.4, 0.5) is 0 Å². The lowest BCUT2D eigenvalue weighted by Gasteiger charge is -2.29. The molecule has 4 heteroatoms. The molecular formula is C12H12N2O2. The standard InChI is InChI=1S/C12H12N2O2/c13-8-11-9-14(6-7-16-11)12(15)10-4-2-1-3-5-10/h1-5,11H,6-7,9H2. The van der Waals surface area contributed by atoms with E-state index in [1.165, 1.54) is 0 Å². The molecule has 2 rings (SSSR count). The molecule has 82 valence electrons. The van der Waals surface area contributed by atoms with Crippen LogP contribution in [0.3, 0.4) is 0 Å². The van der Waals surface area contributed by atoms with Crippen molar-refractivity contribution in [2.75, 3.05) is 19.7 Å². The van der Waals surface area contributed by atoms with Gasteiger partial charge >= 0.3 is 0 Å². The maximum atomic E-state index is 12.0. The molecule has 4 nitrogen and oxygen atoms in total. The van der Waals surface area contributed by atoms with Crippen LogP contribution in [0.15, 0.2) is 30.3 Å². The van der Waals surface area contributed by atoms with Gasteiger partial charge in [0.05, 0.1) is 19.2 Å². The summed E-state index contributed by atoms with van der Waals surface area (Å²) < 4.78 is 5.19. The Kier molecular flexibility index (Phi) is 3.18. The maximum absolute atomic E-state index is 12.0. The fraction of sp³-hybridized carbons (Fsp3) is 0.333. The lowest BCUT2D eigenvalue weighted by molar-refractivity contribution is 0.00347. The summed E-state index contributed by atoms with van der Waals surface area (Å²) in [7, 11) is 0. The number of hydrogen-bond donors (Lipinski definition) is 0. The Morgan fingerprint density at radius 1 is 1.44 bits per heavy atom. The Labute approximate surface area is 94.0 Å². The third-order valence-corrected chi connectivity index (χ3v) is 2.52. The van der Waals surface area contributed by atoms with Crippen LogP contribution < -0.4 is 0 Å². The first-order valence-corrected chi connectivity index (χ1v) is 5.17. The first-order valence-electron chi connectivity index (χ1n) is 5.17. The number of benzene rings is 1. The van der Waals surface area contributed by atoms with Crippen LogP contribution in [0.1, 0.15) is 10.4 Å². The highest BCUT2D eigenvalue weighted by atomic mass is 16.5. The second-order valence-electron chi connectivity index (χ2n) is 3.61. The zero-order valence-corrected chi connectivity index (χ0v) is 8.80. The van der Waals surface area contributed by atoms with Crippen molar-refractivity contribution >= 4 is 5.91 Å². The molecule has 0 saturated carbocycles. The van der Waals surface area contributed by atoms with Crippen molar-refractivity contribution in [3.63, 3.8) is 0 Å². The van der Waals surface area contributed by atoms with Crippen molar-refractivity contribution in [2.45, 2.75) is 6.10 Å². The van der Waals surface area contributed by atoms with Crippen molar-refractivity contribution in [1.82, 2.24) is 4.90 Å². The smallest absolute Gasteiger partial charge is 0.254 e. The molecule has 1 saturated heterocycles. The van der Waals surface area contributed by atoms with Crippen molar-refractivity contribution in [3.05, 3.63) is 35.9 Å². The van der Waals surface area contributed by atoms with Gasteiger partial charge in [-0.05, 0) is 12.1 Å². The van der Waals surface area contributed by atoms with Crippen LogP contribution >= 0.6 is 0 Å². The topological polar surface area (TPSA) is 53.3 Å². The van der Waals surface area contributed by atoms with E-state index in [9.17, 15) is 4.79 Å². The summed E-state index contributed by atoms with van der Waals surface area (Å²) >= 11 is 0. The first kappa shape index (κ1) is 10.7. The Balaban J connectivity index is 2.08. The van der Waals surface area contributed by atoms with Crippen LogP contribution in [0.2, 0.25) is 0 Å². The van der Waals surface area contributed by atoms with Gasteiger partial charge in [0.25, 0.3) is 5.91 Å². The lowest BCUT2D eigenvalue weighted by atomic mass is 10.2. The highest BCUT2D eigenvalue weighted by Crippen LogP contribution is 2.09. The van der Waals surface area contributed by atoms with E-state index in [-0.39, 0.29) is 5.91 Å². The van der Waals surface area contributed by atoms with Gasteiger partial charge in [-0.3, -0.25) is 4.79 Å². The molecular weight excluding hydrogens is 204 g/mol. The Bertz CT molecular complexity index is 411. The fourth-order valence-corrected chi connectivity index (χ4v) is 1.68. The molecule has 0 N–H and O–H groups in total. The zero-order valence-electron chi connectivity index (χ0n) is 8.80. The number of nitrogens with zero attached hydrogens (tertiary/aromatic N) is 2. The highest BCUT2D eigenvalue weighted by Gasteiger charge is 2.24. The average molecular weight is 216 g/mol. The predicted molar refractivity (Wildman–Crippen MR) is 57.7 cm³/mol. The van der Waals surface area contributed by atoms with Gasteiger partial charge in [-0.2, -0.15) is 5.26 Å². The van der Waals surface area contributed by atoms with Gasteiger partial charge in [0.15, 0.2) is 6.10 Å². The van der Waals surface area contributed by atoms with Crippen molar-refractivity contribution < 1.29 is 9.53 Å². The van der Waals surface area contributed by atoms with Gasteiger partial charge < -0.3 is 9.64 Å². The summed E-state index contributed by atoms with van der Waals surface area (Å²) in [6.45, 7) is 1.33. The summed E-state index contributed by atoms with van der Waals surface area (Å²) in [4.78, 5) is 13.7. The molecule has 1 atom stereocenters. The summed E-state index contributed by atoms with van der Waals surface area (Å²) in [5.41, 5.74) is 0.654. The number of rotatable bonds is 1. The Morgan fingerprint density at radius 3 is 2.88 bits per heavy atom. The third kappa shape index (κ3) is 2.20. The van der Waals surface area contributed by atoms with Crippen molar-refractivity contribution in [3.8, 4) is 6.07 Å². The van der Waals surface area contributed by atoms with Crippen LogP contribution in [0, 0.1) is 11.3 Å². The molecule has 0 radical (unpaired) electrons. The third-order valence-electron chi connectivity index (χ3n) is 2.52. The van der Waals surface area contributed by atoms with Gasteiger partial charge in [-0.25, -0.2) is 0 Å². The van der Waals surface area contributed by atoms with Crippen LogP contribution in [-0.4, -0.2) is 36.6 Å². The molecule has 1 unspecified atom stereocenters. The molecule has 16 heavy (non-hydrogen) atoms. The SMILES string of the molecule is N#CC1CN(C(=O)c2ccccc2)CCO1. The summed E-state index contributed by atoms with van der Waals surface area (Å²) in [6.07, 6.45) is -0.499. The Morgan fingerprint density at radius 2 is 2.19 bits per heavy atom. The van der Waals surface area contributed by atoms with E-state index in [0.717, 1.165) is 0 Å². The summed E-state index contributed by atoms with van der Waals surface area (Å²) in [6, 6.07) is 11.1. The molecule has 0 spiro atoms. The second-order valence-corrected chi connectivity index (χ2v) is 3.61. The van der Waals surface area contributed by atoms with E-state index in [4.69, 9.17) is 10.00 Å². The number of carbonyl (C=O) groups excluding carboxylic acids is 1. The van der Waals surface area contributed by atoms with E-state index in [1.54, 1.807) is 17.0 Å². The molecule has 1 heterocycles. The Hall–Kier alpha value is -1.86. The summed E-state index contributed by atoms with van der Waals surface area (Å²) in [5, 5.41) is 8.75. The molecule has 1 amide bonds. The molecule has 1 aromatic carbocycles. The van der Waals surface area contributed by atoms with E-state index in [2.05, 4.69) is 0 Å². The van der Waals surface area contributed by atoms with Crippen LogP contribution in [0.5, 0.6) is 0 Å². The minimum absolute atomic E-state index is 0.0378. The molecule has 1 aliphatic heterocycles. The number of carbonyl (C=O) groups is 1. The van der Waals surface area contributed by atoms with Gasteiger partial charge in [-0.15, -0.1) is 0 Å². The summed E-state index contributed by atoms with van der Waals surface area (Å²) in [5.74, 6) is -0.0378. The van der Waals surface area contributed by atoms with Crippen molar-refractivity contribution in [2.24, 2.45) is 0 Å². The molecule has 0 aliphatic carbocycles. The van der Waals surface area contributed by atoms with E-state index < -0.39 is 6.10 Å². The van der Waals surface area contributed by atoms with Gasteiger partial charge in [0.1, 0.15) is 0 Å². The molecule has 0 bridgehead atoms. The molecule has 1 fully saturated rings. The normalized spacial score (nSPS) is 20.2. The first-order chi connectivity index (χ1) is 7.81. The minimum Gasteiger partial charge on any atom is -0.360 e. The second kappa shape index (κ2) is 4.77. The van der Waals surface area contributed by atoms with Gasteiger partial charge in [0.2, 0.25) is 0 Å². The quantitative estimate of drug-likeness (QED) is 0.705. The number of nitriles is 1. The molecule has 1 aliphatic rings. The van der Waals surface area contributed by atoms with E-state index in [1.807, 2.05) is 24.3 Å². The fourth-order valence-electron chi connectivity index (χ4n) is 1.68. The van der Waals surface area contributed by atoms with E-state index in [0.29, 0.717) is 25.3 Å². The van der Waals surface area contributed by atoms with Crippen LogP contribution in [-0.2, 0) is 4.74 Å². The predicted octanol–water partition coefficient (Wildman–Crippen LogP) is 1.05. The molecule has 0 aromatic heterocycles. The number of amides is 1. The van der Waals surface area contributed by atoms with Gasteiger partial charge in [-0.1, -0.05) is 18.2 Å². The number of ether oxygens (including phenoxy) is 1. The number of morpholine rings is 1. The number of hydrogen-bond acceptors (Lipinski definition) is 3. The zero-order chi connectivity index (χ0) is 11.4. The minimum atomic E-state index is -0.499. The monoisotopic (exact) mass is 216 g/mol. The maximum Gasteiger partial charge on any atom is 0.254 e. The highest BCUT2D eigenvalue weighted by molar-refractivity contribution is 5.94. The average Bonchev–Trinajstić information content (AvgIpc) is 2.39. The molecule has 1 aromatic rings. The van der Waals surface area contributed by atoms with Crippen LogP contribution in [0.25, 0.3) is 0 Å². The van der Waals surface area contributed by atoms with Gasteiger partial charge in [0, 0.05) is 12.1 Å².